The number of fused-ring (bicyclic) bond motifs is 2. The molecule has 0 N–H and O–H groups in total. The van der Waals surface area contributed by atoms with Gasteiger partial charge in [0.15, 0.2) is 0 Å². The molecule has 4 rings (SSSR count). The lowest BCUT2D eigenvalue weighted by Gasteiger charge is -2.09. The molecule has 1 nitrogen and oxygen atoms in total. The van der Waals surface area contributed by atoms with Gasteiger partial charge in [0.25, 0.3) is 0 Å². The molecular weight excluding hydrogens is 302 g/mol. The van der Waals surface area contributed by atoms with Crippen molar-refractivity contribution in [3.8, 4) is 0 Å². The Hall–Kier alpha value is -2.93. The summed E-state index contributed by atoms with van der Waals surface area (Å²) in [6.45, 7) is 3.27. The molecule has 0 unspecified atom stereocenters. The van der Waals surface area contributed by atoms with E-state index in [-0.39, 0.29) is 0 Å². The number of hydrogen-bond donors (Lipinski definition) is 0. The van der Waals surface area contributed by atoms with Crippen LogP contribution in [-0.4, -0.2) is 0 Å². The van der Waals surface area contributed by atoms with Gasteiger partial charge in [0, 0.05) is 24.1 Å². The number of aryl methyl sites for hydroxylation is 1. The Labute approximate surface area is 148 Å². The van der Waals surface area contributed by atoms with Crippen LogP contribution in [0.4, 0.5) is 0 Å². The quantitative estimate of drug-likeness (QED) is 0.327. The molecule has 0 atom stereocenters. The third kappa shape index (κ3) is 2.94. The Kier molecular flexibility index (Phi) is 4.30. The predicted octanol–water partition coefficient (Wildman–Crippen LogP) is 5.86. The lowest BCUT2D eigenvalue weighted by molar-refractivity contribution is -0.645. The maximum Gasteiger partial charge on any atom is 0.213 e. The molecule has 0 radical (unpaired) electrons. The highest BCUT2D eigenvalue weighted by molar-refractivity contribution is 6.01. The molecule has 4 aromatic rings. The van der Waals surface area contributed by atoms with Crippen LogP contribution in [0.25, 0.3) is 34.0 Å². The Bertz CT molecular complexity index is 989. The molecule has 1 heterocycles. The standard InChI is InChI=1S/C24H22N/c1-2-18-25-23-14-8-6-12-21(23)20(22-13-7-9-15-24(22)25)17-16-19-10-4-3-5-11-19/h3-17H,2,18H2,1H3/q+1. The maximum absolute atomic E-state index is 2.45. The fourth-order valence-electron chi connectivity index (χ4n) is 3.54. The number of aromatic nitrogens is 1. The van der Waals surface area contributed by atoms with E-state index in [0.717, 1.165) is 13.0 Å². The van der Waals surface area contributed by atoms with Crippen LogP contribution in [-0.2, 0) is 6.54 Å². The summed E-state index contributed by atoms with van der Waals surface area (Å²) in [6, 6.07) is 28.0. The zero-order valence-electron chi connectivity index (χ0n) is 14.5. The molecule has 0 aliphatic rings. The topological polar surface area (TPSA) is 3.88 Å². The van der Waals surface area contributed by atoms with E-state index in [1.165, 1.54) is 32.9 Å². The minimum absolute atomic E-state index is 1.03. The average Bonchev–Trinajstić information content (AvgIpc) is 2.68. The summed E-state index contributed by atoms with van der Waals surface area (Å²) >= 11 is 0. The van der Waals surface area contributed by atoms with Crippen molar-refractivity contribution >= 4 is 34.0 Å². The van der Waals surface area contributed by atoms with Crippen molar-refractivity contribution in [3.63, 3.8) is 0 Å². The predicted molar refractivity (Wildman–Crippen MR) is 107 cm³/mol. The first-order valence-electron chi connectivity index (χ1n) is 8.95. The number of nitrogens with zero attached hydrogens (tertiary/aromatic N) is 1. The molecule has 122 valence electrons. The van der Waals surface area contributed by atoms with Crippen LogP contribution in [0.15, 0.2) is 78.9 Å². The fourth-order valence-corrected chi connectivity index (χ4v) is 3.54. The highest BCUT2D eigenvalue weighted by Gasteiger charge is 2.17. The molecule has 0 amide bonds. The molecule has 0 spiro atoms. The van der Waals surface area contributed by atoms with Gasteiger partial charge in [-0.3, -0.25) is 0 Å². The molecule has 0 bridgehead atoms. The summed E-state index contributed by atoms with van der Waals surface area (Å²) in [7, 11) is 0. The summed E-state index contributed by atoms with van der Waals surface area (Å²) in [5, 5.41) is 2.61. The van der Waals surface area contributed by atoms with E-state index in [1.54, 1.807) is 0 Å². The monoisotopic (exact) mass is 324 g/mol. The molecule has 1 aromatic heterocycles. The van der Waals surface area contributed by atoms with E-state index in [0.29, 0.717) is 0 Å². The van der Waals surface area contributed by atoms with E-state index in [9.17, 15) is 0 Å². The zero-order valence-corrected chi connectivity index (χ0v) is 14.5. The van der Waals surface area contributed by atoms with Crippen LogP contribution in [0.5, 0.6) is 0 Å². The van der Waals surface area contributed by atoms with Gasteiger partial charge < -0.3 is 0 Å². The van der Waals surface area contributed by atoms with Crippen LogP contribution in [0.1, 0.15) is 24.5 Å². The highest BCUT2D eigenvalue weighted by Crippen LogP contribution is 2.27. The molecule has 0 saturated carbocycles. The third-order valence-corrected chi connectivity index (χ3v) is 4.66. The smallest absolute Gasteiger partial charge is 0.191 e. The number of rotatable bonds is 4. The van der Waals surface area contributed by atoms with Crippen LogP contribution >= 0.6 is 0 Å². The van der Waals surface area contributed by atoms with Crippen LogP contribution in [0, 0.1) is 0 Å². The zero-order chi connectivity index (χ0) is 17.1. The number of hydrogen-bond acceptors (Lipinski definition) is 0. The largest absolute Gasteiger partial charge is 0.213 e. The molecule has 0 fully saturated rings. The van der Waals surface area contributed by atoms with Gasteiger partial charge in [0.1, 0.15) is 6.54 Å². The lowest BCUT2D eigenvalue weighted by Crippen LogP contribution is -2.35. The van der Waals surface area contributed by atoms with Crippen molar-refractivity contribution in [2.45, 2.75) is 19.9 Å². The SMILES string of the molecule is CCC[n+]1c2ccccc2c(C=Cc2ccccc2)c2ccccc21. The van der Waals surface area contributed by atoms with Crippen molar-refractivity contribution in [1.82, 2.24) is 0 Å². The molecular formula is C24H22N+. The normalized spacial score (nSPS) is 11.6. The Morgan fingerprint density at radius 2 is 1.24 bits per heavy atom. The van der Waals surface area contributed by atoms with Gasteiger partial charge in [0.05, 0.1) is 10.8 Å². The van der Waals surface area contributed by atoms with E-state index in [2.05, 4.69) is 103 Å². The van der Waals surface area contributed by atoms with Crippen molar-refractivity contribution in [3.05, 3.63) is 90.0 Å². The Morgan fingerprint density at radius 1 is 0.680 bits per heavy atom. The molecule has 0 aliphatic heterocycles. The molecule has 25 heavy (non-hydrogen) atoms. The highest BCUT2D eigenvalue weighted by atomic mass is 15.0. The summed E-state index contributed by atoms with van der Waals surface area (Å²) in [5.74, 6) is 0. The maximum atomic E-state index is 2.45. The van der Waals surface area contributed by atoms with Crippen LogP contribution in [0.3, 0.4) is 0 Å². The summed E-state index contributed by atoms with van der Waals surface area (Å²) in [4.78, 5) is 0. The molecule has 0 saturated heterocycles. The van der Waals surface area contributed by atoms with Gasteiger partial charge in [-0.15, -0.1) is 0 Å². The first-order chi connectivity index (χ1) is 12.4. The van der Waals surface area contributed by atoms with E-state index >= 15 is 0 Å². The first kappa shape index (κ1) is 15.6. The third-order valence-electron chi connectivity index (χ3n) is 4.66. The minimum atomic E-state index is 1.03. The van der Waals surface area contributed by atoms with Crippen molar-refractivity contribution in [2.75, 3.05) is 0 Å². The molecule has 3 aromatic carbocycles. The fraction of sp³-hybridized carbons (Fsp3) is 0.125. The van der Waals surface area contributed by atoms with Gasteiger partial charge in [-0.05, 0) is 17.7 Å². The van der Waals surface area contributed by atoms with E-state index in [1.807, 2.05) is 0 Å². The first-order valence-corrected chi connectivity index (χ1v) is 8.95. The van der Waals surface area contributed by atoms with Crippen molar-refractivity contribution < 1.29 is 4.57 Å². The molecule has 0 aliphatic carbocycles. The van der Waals surface area contributed by atoms with Crippen molar-refractivity contribution in [1.29, 1.82) is 0 Å². The van der Waals surface area contributed by atoms with Gasteiger partial charge in [-0.1, -0.05) is 73.7 Å². The summed E-state index contributed by atoms with van der Waals surface area (Å²) in [6.07, 6.45) is 5.59. The summed E-state index contributed by atoms with van der Waals surface area (Å²) in [5.41, 5.74) is 5.12. The van der Waals surface area contributed by atoms with Crippen LogP contribution in [0.2, 0.25) is 0 Å². The lowest BCUT2D eigenvalue weighted by atomic mass is 10.0. The number of pyridine rings is 1. The van der Waals surface area contributed by atoms with Gasteiger partial charge in [-0.2, -0.15) is 4.57 Å². The number of para-hydroxylation sites is 2. The van der Waals surface area contributed by atoms with E-state index < -0.39 is 0 Å². The second-order valence-electron chi connectivity index (χ2n) is 6.34. The second-order valence-corrected chi connectivity index (χ2v) is 6.34. The Morgan fingerprint density at radius 3 is 1.84 bits per heavy atom. The summed E-state index contributed by atoms with van der Waals surface area (Å²) < 4.78 is 2.45. The van der Waals surface area contributed by atoms with Gasteiger partial charge >= 0.3 is 0 Å². The Balaban J connectivity index is 2.02. The van der Waals surface area contributed by atoms with Crippen LogP contribution < -0.4 is 4.57 Å². The minimum Gasteiger partial charge on any atom is -0.191 e. The molecule has 1 heteroatoms. The average molecular weight is 324 g/mol. The van der Waals surface area contributed by atoms with Crippen molar-refractivity contribution in [2.24, 2.45) is 0 Å². The van der Waals surface area contributed by atoms with Gasteiger partial charge in [0.2, 0.25) is 11.0 Å². The number of benzene rings is 3. The second kappa shape index (κ2) is 6.90. The van der Waals surface area contributed by atoms with Gasteiger partial charge in [-0.25, -0.2) is 0 Å². The van der Waals surface area contributed by atoms with E-state index in [4.69, 9.17) is 0 Å².